The van der Waals surface area contributed by atoms with Crippen molar-refractivity contribution in [3.8, 4) is 0 Å². The molecule has 7 heteroatoms. The molecule has 2 rings (SSSR count). The number of para-hydroxylation sites is 1. The van der Waals surface area contributed by atoms with Crippen molar-refractivity contribution in [2.75, 3.05) is 5.32 Å². The van der Waals surface area contributed by atoms with Crippen molar-refractivity contribution in [3.05, 3.63) is 53.4 Å². The van der Waals surface area contributed by atoms with Crippen LogP contribution < -0.4 is 10.7 Å². The summed E-state index contributed by atoms with van der Waals surface area (Å²) >= 11 is 5.95. The number of hydrazone groups is 1. The first-order chi connectivity index (χ1) is 10.6. The molecule has 1 aromatic carbocycles. The van der Waals surface area contributed by atoms with Gasteiger partial charge in [0.15, 0.2) is 5.76 Å². The van der Waals surface area contributed by atoms with Gasteiger partial charge in [0.1, 0.15) is 0 Å². The van der Waals surface area contributed by atoms with Crippen LogP contribution in [0.25, 0.3) is 0 Å². The summed E-state index contributed by atoms with van der Waals surface area (Å²) < 4.78 is 4.93. The normalized spacial score (nSPS) is 11.1. The Kier molecular flexibility index (Phi) is 5.32. The number of carbonyl (C=O) groups is 2. The Balaban J connectivity index is 1.87. The Hall–Kier alpha value is -2.60. The number of amides is 2. The number of anilines is 1. The predicted octanol–water partition coefficient (Wildman–Crippen LogP) is 3.07. The van der Waals surface area contributed by atoms with Crippen LogP contribution in [0.3, 0.4) is 0 Å². The average molecular weight is 320 g/mol. The van der Waals surface area contributed by atoms with E-state index < -0.39 is 5.91 Å². The fourth-order valence-electron chi connectivity index (χ4n) is 1.64. The van der Waals surface area contributed by atoms with Crippen molar-refractivity contribution >= 4 is 34.8 Å². The standard InChI is InChI=1S/C15H14ClN3O3/c1-10(18-19-15(21)13-7-4-8-22-13)9-14(20)17-12-6-3-2-5-11(12)16/h2-8H,9H2,1H3,(H,17,20)(H,19,21)/b18-10-. The van der Waals surface area contributed by atoms with Crippen molar-refractivity contribution in [2.24, 2.45) is 5.10 Å². The van der Waals surface area contributed by atoms with Crippen molar-refractivity contribution in [1.82, 2.24) is 5.43 Å². The second-order valence-electron chi connectivity index (χ2n) is 4.47. The van der Waals surface area contributed by atoms with Crippen LogP contribution in [0.5, 0.6) is 0 Å². The van der Waals surface area contributed by atoms with Gasteiger partial charge in [0, 0.05) is 5.71 Å². The third kappa shape index (κ3) is 4.46. The van der Waals surface area contributed by atoms with E-state index in [0.29, 0.717) is 16.4 Å². The Morgan fingerprint density at radius 1 is 1.23 bits per heavy atom. The largest absolute Gasteiger partial charge is 0.459 e. The zero-order valence-corrected chi connectivity index (χ0v) is 12.6. The molecule has 0 aliphatic carbocycles. The third-order valence-electron chi connectivity index (χ3n) is 2.66. The van der Waals surface area contributed by atoms with Gasteiger partial charge in [0.2, 0.25) is 5.91 Å². The summed E-state index contributed by atoms with van der Waals surface area (Å²) in [5.41, 5.74) is 3.29. The zero-order valence-electron chi connectivity index (χ0n) is 11.8. The molecule has 2 amide bonds. The number of nitrogens with zero attached hydrogens (tertiary/aromatic N) is 1. The van der Waals surface area contributed by atoms with Crippen LogP contribution in [-0.4, -0.2) is 17.5 Å². The highest BCUT2D eigenvalue weighted by atomic mass is 35.5. The molecule has 1 aromatic heterocycles. The molecule has 0 saturated heterocycles. The van der Waals surface area contributed by atoms with Gasteiger partial charge in [-0.05, 0) is 31.2 Å². The molecular weight excluding hydrogens is 306 g/mol. The maximum atomic E-state index is 11.9. The van der Waals surface area contributed by atoms with Gasteiger partial charge in [0.05, 0.1) is 23.4 Å². The third-order valence-corrected chi connectivity index (χ3v) is 2.99. The molecule has 0 radical (unpaired) electrons. The number of nitrogens with one attached hydrogen (secondary N) is 2. The van der Waals surface area contributed by atoms with E-state index in [-0.39, 0.29) is 18.1 Å². The van der Waals surface area contributed by atoms with Gasteiger partial charge in [-0.15, -0.1) is 0 Å². The van der Waals surface area contributed by atoms with E-state index in [1.165, 1.54) is 12.3 Å². The van der Waals surface area contributed by atoms with Crippen LogP contribution in [0.2, 0.25) is 5.02 Å². The topological polar surface area (TPSA) is 83.7 Å². The SMILES string of the molecule is C/C(CC(=O)Nc1ccccc1Cl)=N/NC(=O)c1ccco1. The van der Waals surface area contributed by atoms with E-state index in [4.69, 9.17) is 16.0 Å². The molecule has 0 aliphatic rings. The Morgan fingerprint density at radius 2 is 2.00 bits per heavy atom. The van der Waals surface area contributed by atoms with Gasteiger partial charge < -0.3 is 9.73 Å². The van der Waals surface area contributed by atoms with E-state index in [1.807, 2.05) is 0 Å². The monoisotopic (exact) mass is 319 g/mol. The van der Waals surface area contributed by atoms with Crippen LogP contribution in [0.4, 0.5) is 5.69 Å². The minimum absolute atomic E-state index is 0.0314. The van der Waals surface area contributed by atoms with E-state index in [1.54, 1.807) is 37.3 Å². The molecule has 2 aromatic rings. The number of hydrogen-bond donors (Lipinski definition) is 2. The highest BCUT2D eigenvalue weighted by molar-refractivity contribution is 6.33. The van der Waals surface area contributed by atoms with E-state index >= 15 is 0 Å². The summed E-state index contributed by atoms with van der Waals surface area (Å²) in [7, 11) is 0. The van der Waals surface area contributed by atoms with Gasteiger partial charge in [0.25, 0.3) is 0 Å². The summed E-state index contributed by atoms with van der Waals surface area (Å²) in [6, 6.07) is 10.0. The van der Waals surface area contributed by atoms with Gasteiger partial charge >= 0.3 is 5.91 Å². The molecule has 0 fully saturated rings. The first-order valence-electron chi connectivity index (χ1n) is 6.47. The number of benzene rings is 1. The molecule has 0 spiro atoms. The maximum Gasteiger partial charge on any atom is 0.307 e. The van der Waals surface area contributed by atoms with Crippen molar-refractivity contribution in [2.45, 2.75) is 13.3 Å². The van der Waals surface area contributed by atoms with E-state index in [2.05, 4.69) is 15.8 Å². The number of carbonyl (C=O) groups excluding carboxylic acids is 2. The van der Waals surface area contributed by atoms with Gasteiger partial charge in [-0.2, -0.15) is 5.10 Å². The van der Waals surface area contributed by atoms with Crippen molar-refractivity contribution < 1.29 is 14.0 Å². The zero-order chi connectivity index (χ0) is 15.9. The lowest BCUT2D eigenvalue weighted by atomic mass is 10.2. The van der Waals surface area contributed by atoms with Gasteiger partial charge in [-0.25, -0.2) is 5.43 Å². The summed E-state index contributed by atoms with van der Waals surface area (Å²) in [5.74, 6) is -0.602. The molecule has 114 valence electrons. The maximum absolute atomic E-state index is 11.9. The van der Waals surface area contributed by atoms with Crippen LogP contribution >= 0.6 is 11.6 Å². The lowest BCUT2D eigenvalue weighted by molar-refractivity contribution is -0.115. The molecule has 6 nitrogen and oxygen atoms in total. The summed E-state index contributed by atoms with van der Waals surface area (Å²) in [5, 5.41) is 6.98. The summed E-state index contributed by atoms with van der Waals surface area (Å²) in [4.78, 5) is 23.5. The smallest absolute Gasteiger partial charge is 0.307 e. The molecular formula is C15H14ClN3O3. The molecule has 0 atom stereocenters. The number of hydrogen-bond acceptors (Lipinski definition) is 4. The first-order valence-corrected chi connectivity index (χ1v) is 6.85. The average Bonchev–Trinajstić information content (AvgIpc) is 3.01. The Bertz CT molecular complexity index is 696. The van der Waals surface area contributed by atoms with Gasteiger partial charge in [-0.1, -0.05) is 23.7 Å². The minimum atomic E-state index is -0.476. The number of halogens is 1. The first kappa shape index (κ1) is 15.8. The summed E-state index contributed by atoms with van der Waals surface area (Å²) in [6.45, 7) is 1.63. The lowest BCUT2D eigenvalue weighted by Crippen LogP contribution is -2.21. The fourth-order valence-corrected chi connectivity index (χ4v) is 1.82. The molecule has 1 heterocycles. The van der Waals surface area contributed by atoms with Crippen LogP contribution in [-0.2, 0) is 4.79 Å². The van der Waals surface area contributed by atoms with Crippen LogP contribution in [0, 0.1) is 0 Å². The van der Waals surface area contributed by atoms with Crippen LogP contribution in [0.15, 0.2) is 52.2 Å². The second kappa shape index (κ2) is 7.42. The van der Waals surface area contributed by atoms with Crippen molar-refractivity contribution in [3.63, 3.8) is 0 Å². The Morgan fingerprint density at radius 3 is 2.68 bits per heavy atom. The molecule has 0 bridgehead atoms. The van der Waals surface area contributed by atoms with Crippen LogP contribution in [0.1, 0.15) is 23.9 Å². The van der Waals surface area contributed by atoms with Gasteiger partial charge in [-0.3, -0.25) is 9.59 Å². The summed E-state index contributed by atoms with van der Waals surface area (Å²) in [6.07, 6.45) is 1.42. The molecule has 2 N–H and O–H groups in total. The van der Waals surface area contributed by atoms with Crippen molar-refractivity contribution in [1.29, 1.82) is 0 Å². The quantitative estimate of drug-likeness (QED) is 0.656. The highest BCUT2D eigenvalue weighted by Crippen LogP contribution is 2.20. The molecule has 0 unspecified atom stereocenters. The number of furan rings is 1. The van der Waals surface area contributed by atoms with E-state index in [0.717, 1.165) is 0 Å². The number of rotatable bonds is 5. The highest BCUT2D eigenvalue weighted by Gasteiger charge is 2.09. The predicted molar refractivity (Wildman–Crippen MR) is 84.0 cm³/mol. The second-order valence-corrected chi connectivity index (χ2v) is 4.88. The molecule has 22 heavy (non-hydrogen) atoms. The molecule has 0 aliphatic heterocycles. The fraction of sp³-hybridized carbons (Fsp3) is 0.133. The minimum Gasteiger partial charge on any atom is -0.459 e. The molecule has 0 saturated carbocycles. The van der Waals surface area contributed by atoms with E-state index in [9.17, 15) is 9.59 Å². The lowest BCUT2D eigenvalue weighted by Gasteiger charge is -2.06. The Labute approximate surface area is 132 Å².